The smallest absolute Gasteiger partial charge is 0.221 e. The Morgan fingerprint density at radius 3 is 1.96 bits per heavy atom. The quantitative estimate of drug-likeness (QED) is 0.506. The number of ketones is 2. The van der Waals surface area contributed by atoms with E-state index < -0.39 is 6.04 Å². The molecule has 0 radical (unpaired) electrons. The maximum absolute atomic E-state index is 12.3. The molecule has 0 aromatic carbocycles. The van der Waals surface area contributed by atoms with E-state index in [2.05, 4.69) is 24.5 Å². The van der Waals surface area contributed by atoms with Gasteiger partial charge in [-0.15, -0.1) is 0 Å². The van der Waals surface area contributed by atoms with Crippen LogP contribution >= 0.6 is 0 Å². The van der Waals surface area contributed by atoms with Crippen molar-refractivity contribution >= 4 is 17.5 Å². The molecule has 1 atom stereocenters. The number of amides is 1. The van der Waals surface area contributed by atoms with Crippen LogP contribution in [0.2, 0.25) is 0 Å². The zero-order valence-electron chi connectivity index (χ0n) is 16.3. The van der Waals surface area contributed by atoms with Crippen molar-refractivity contribution in [3.8, 4) is 0 Å². The molecule has 24 heavy (non-hydrogen) atoms. The van der Waals surface area contributed by atoms with Crippen LogP contribution in [0.3, 0.4) is 0 Å². The van der Waals surface area contributed by atoms with Gasteiger partial charge in [-0.1, -0.05) is 41.5 Å². The number of rotatable bonds is 13. The average molecular weight is 341 g/mol. The Morgan fingerprint density at radius 1 is 0.833 bits per heavy atom. The first kappa shape index (κ1) is 22.8. The molecule has 0 aliphatic carbocycles. The molecule has 0 bridgehead atoms. The summed E-state index contributed by atoms with van der Waals surface area (Å²) >= 11 is 0. The van der Waals surface area contributed by atoms with Gasteiger partial charge in [-0.05, 0) is 25.8 Å². The van der Waals surface area contributed by atoms with Crippen molar-refractivity contribution in [2.24, 2.45) is 11.8 Å². The number of carbonyl (C=O) groups excluding carboxylic acids is 3. The van der Waals surface area contributed by atoms with Crippen molar-refractivity contribution < 1.29 is 14.4 Å². The molecule has 0 saturated carbocycles. The molecule has 5 nitrogen and oxygen atoms in total. The molecule has 5 heteroatoms. The van der Waals surface area contributed by atoms with Crippen molar-refractivity contribution in [1.29, 1.82) is 0 Å². The highest BCUT2D eigenvalue weighted by atomic mass is 16.2. The normalized spacial score (nSPS) is 12.7. The van der Waals surface area contributed by atoms with E-state index in [1.807, 2.05) is 27.7 Å². The third-order valence-corrected chi connectivity index (χ3v) is 3.96. The maximum Gasteiger partial charge on any atom is 0.221 e. The van der Waals surface area contributed by atoms with E-state index in [1.54, 1.807) is 0 Å². The first-order valence-corrected chi connectivity index (χ1v) is 9.24. The summed E-state index contributed by atoms with van der Waals surface area (Å²) in [5, 5.41) is 6.18. The van der Waals surface area contributed by atoms with Crippen LogP contribution in [0.25, 0.3) is 0 Å². The molecule has 0 saturated heterocycles. The second-order valence-corrected chi connectivity index (χ2v) is 7.40. The van der Waals surface area contributed by atoms with Crippen LogP contribution in [0, 0.1) is 11.8 Å². The predicted octanol–water partition coefficient (Wildman–Crippen LogP) is 2.87. The lowest BCUT2D eigenvalue weighted by Gasteiger charge is -2.20. The Morgan fingerprint density at radius 2 is 1.46 bits per heavy atom. The van der Waals surface area contributed by atoms with Gasteiger partial charge < -0.3 is 10.6 Å². The molecular weight excluding hydrogens is 304 g/mol. The molecule has 1 amide bonds. The summed E-state index contributed by atoms with van der Waals surface area (Å²) in [6.45, 7) is 12.5. The van der Waals surface area contributed by atoms with E-state index in [4.69, 9.17) is 0 Å². The number of unbranched alkanes of at least 4 members (excludes halogenated alkanes) is 1. The van der Waals surface area contributed by atoms with Crippen LogP contribution < -0.4 is 10.6 Å². The first-order valence-electron chi connectivity index (χ1n) is 9.24. The molecule has 0 spiro atoms. The van der Waals surface area contributed by atoms with Crippen molar-refractivity contribution in [2.45, 2.75) is 85.7 Å². The summed E-state index contributed by atoms with van der Waals surface area (Å²) in [6, 6.07) is 0.0157. The molecule has 140 valence electrons. The van der Waals surface area contributed by atoms with Crippen LogP contribution in [0.5, 0.6) is 0 Å². The molecule has 2 N–H and O–H groups in total. The van der Waals surface area contributed by atoms with Gasteiger partial charge >= 0.3 is 0 Å². The van der Waals surface area contributed by atoms with E-state index >= 15 is 0 Å². The second kappa shape index (κ2) is 12.2. The molecule has 0 aliphatic rings. The van der Waals surface area contributed by atoms with Crippen molar-refractivity contribution in [2.75, 3.05) is 6.54 Å². The molecular formula is C19H36N2O3. The van der Waals surface area contributed by atoms with Gasteiger partial charge in [0.15, 0.2) is 5.78 Å². The average Bonchev–Trinajstić information content (AvgIpc) is 2.49. The number of nitrogens with one attached hydrogen (secondary N) is 2. The van der Waals surface area contributed by atoms with Gasteiger partial charge in [-0.25, -0.2) is 0 Å². The lowest BCUT2D eigenvalue weighted by molar-refractivity contribution is -0.130. The minimum absolute atomic E-state index is 0.0562. The van der Waals surface area contributed by atoms with Crippen LogP contribution in [-0.2, 0) is 14.4 Å². The van der Waals surface area contributed by atoms with E-state index in [1.165, 1.54) is 0 Å². The van der Waals surface area contributed by atoms with Gasteiger partial charge in [-0.2, -0.15) is 0 Å². The standard InChI is InChI=1S/C19H36N2O3/c1-13(2)17(22)10-11-18(23)21-16(19(24)14(3)4)9-7-8-12-20-15(5)6/h13-16,20H,7-12H2,1-6H3,(H,21,23)/t16-/m0/s1. The Balaban J connectivity index is 4.37. The number of hydrogen-bond donors (Lipinski definition) is 2. The lowest BCUT2D eigenvalue weighted by atomic mass is 9.96. The van der Waals surface area contributed by atoms with E-state index in [-0.39, 0.29) is 42.2 Å². The van der Waals surface area contributed by atoms with Gasteiger partial charge in [0.25, 0.3) is 0 Å². The van der Waals surface area contributed by atoms with Gasteiger partial charge in [0.05, 0.1) is 6.04 Å². The van der Waals surface area contributed by atoms with Crippen molar-refractivity contribution in [3.63, 3.8) is 0 Å². The van der Waals surface area contributed by atoms with Crippen molar-refractivity contribution in [1.82, 2.24) is 10.6 Å². The Bertz CT molecular complexity index is 403. The summed E-state index contributed by atoms with van der Waals surface area (Å²) in [5.41, 5.74) is 0. The van der Waals surface area contributed by atoms with E-state index in [0.717, 1.165) is 19.4 Å². The van der Waals surface area contributed by atoms with Gasteiger partial charge in [-0.3, -0.25) is 14.4 Å². The fourth-order valence-electron chi connectivity index (χ4n) is 2.34. The number of hydrogen-bond acceptors (Lipinski definition) is 4. The maximum atomic E-state index is 12.3. The molecule has 0 heterocycles. The molecule has 0 rings (SSSR count). The summed E-state index contributed by atoms with van der Waals surface area (Å²) in [4.78, 5) is 36.0. The molecule has 0 aromatic heterocycles. The summed E-state index contributed by atoms with van der Waals surface area (Å²) < 4.78 is 0. The topological polar surface area (TPSA) is 75.3 Å². The highest BCUT2D eigenvalue weighted by molar-refractivity contribution is 5.91. The van der Waals surface area contributed by atoms with Crippen LogP contribution in [0.4, 0.5) is 0 Å². The monoisotopic (exact) mass is 340 g/mol. The number of Topliss-reactive ketones (excluding diaryl/α,β-unsaturated/α-hetero) is 2. The minimum atomic E-state index is -0.439. The Hall–Kier alpha value is -1.23. The summed E-state index contributed by atoms with van der Waals surface area (Å²) in [6.07, 6.45) is 2.91. The fraction of sp³-hybridized carbons (Fsp3) is 0.842. The molecule has 0 aliphatic heterocycles. The highest BCUT2D eigenvalue weighted by Crippen LogP contribution is 2.09. The van der Waals surface area contributed by atoms with E-state index in [9.17, 15) is 14.4 Å². The third-order valence-electron chi connectivity index (χ3n) is 3.96. The first-order chi connectivity index (χ1) is 11.1. The summed E-state index contributed by atoms with van der Waals surface area (Å²) in [7, 11) is 0. The molecule has 0 aromatic rings. The zero-order chi connectivity index (χ0) is 18.7. The summed E-state index contributed by atoms with van der Waals surface area (Å²) in [5.74, 6) is -0.226. The lowest BCUT2D eigenvalue weighted by Crippen LogP contribution is -2.43. The Labute approximate surface area is 147 Å². The second-order valence-electron chi connectivity index (χ2n) is 7.40. The van der Waals surface area contributed by atoms with Crippen LogP contribution in [0.15, 0.2) is 0 Å². The highest BCUT2D eigenvalue weighted by Gasteiger charge is 2.23. The Kier molecular flexibility index (Phi) is 11.6. The van der Waals surface area contributed by atoms with Crippen LogP contribution in [-0.4, -0.2) is 36.1 Å². The molecule has 0 unspecified atom stereocenters. The third kappa shape index (κ3) is 10.5. The zero-order valence-corrected chi connectivity index (χ0v) is 16.3. The minimum Gasteiger partial charge on any atom is -0.346 e. The van der Waals surface area contributed by atoms with Gasteiger partial charge in [0.2, 0.25) is 5.91 Å². The van der Waals surface area contributed by atoms with E-state index in [0.29, 0.717) is 12.5 Å². The molecule has 0 fully saturated rings. The van der Waals surface area contributed by atoms with Crippen molar-refractivity contribution in [3.05, 3.63) is 0 Å². The van der Waals surface area contributed by atoms with Gasteiger partial charge in [0, 0.05) is 30.7 Å². The number of carbonyl (C=O) groups is 3. The predicted molar refractivity (Wildman–Crippen MR) is 97.8 cm³/mol. The largest absolute Gasteiger partial charge is 0.346 e. The fourth-order valence-corrected chi connectivity index (χ4v) is 2.34. The van der Waals surface area contributed by atoms with Crippen LogP contribution in [0.1, 0.15) is 73.6 Å². The SMILES string of the molecule is CC(C)NCCCC[C@H](NC(=O)CCC(=O)C(C)C)C(=O)C(C)C. The van der Waals surface area contributed by atoms with Gasteiger partial charge in [0.1, 0.15) is 5.78 Å².